The maximum Gasteiger partial charge on any atom is 0.338 e. The second kappa shape index (κ2) is 9.40. The molecule has 1 aromatic carbocycles. The van der Waals surface area contributed by atoms with E-state index >= 15 is 0 Å². The van der Waals surface area contributed by atoms with Crippen LogP contribution >= 0.6 is 11.6 Å². The molecule has 1 amide bonds. The van der Waals surface area contributed by atoms with Crippen molar-refractivity contribution in [3.63, 3.8) is 0 Å². The molecular formula is C23H28ClN3O4. The van der Waals surface area contributed by atoms with Crippen LogP contribution in [0.5, 0.6) is 0 Å². The summed E-state index contributed by atoms with van der Waals surface area (Å²) in [5.74, 6) is -0.414. The van der Waals surface area contributed by atoms with Crippen molar-refractivity contribution < 1.29 is 19.1 Å². The predicted octanol–water partition coefficient (Wildman–Crippen LogP) is 3.43. The molecule has 166 valence electrons. The highest BCUT2D eigenvalue weighted by atomic mass is 35.5. The number of benzene rings is 1. The lowest BCUT2D eigenvalue weighted by Gasteiger charge is -2.36. The highest BCUT2D eigenvalue weighted by molar-refractivity contribution is 6.30. The molecule has 3 heterocycles. The molecule has 0 radical (unpaired) electrons. The van der Waals surface area contributed by atoms with Crippen LogP contribution in [-0.4, -0.2) is 48.0 Å². The Bertz CT molecular complexity index is 948. The fourth-order valence-corrected chi connectivity index (χ4v) is 4.56. The Morgan fingerprint density at radius 1 is 1.29 bits per heavy atom. The molecule has 1 N–H and O–H groups in total. The molecule has 2 aromatic rings. The summed E-state index contributed by atoms with van der Waals surface area (Å²) in [4.78, 5) is 25.0. The van der Waals surface area contributed by atoms with E-state index in [1.165, 1.54) is 0 Å². The topological polar surface area (TPSA) is 82.5 Å². The molecule has 1 spiro atoms. The van der Waals surface area contributed by atoms with Gasteiger partial charge in [0.1, 0.15) is 5.69 Å². The zero-order chi connectivity index (χ0) is 21.8. The second-order valence-electron chi connectivity index (χ2n) is 8.31. The molecule has 0 bridgehead atoms. The summed E-state index contributed by atoms with van der Waals surface area (Å²) in [7, 11) is 0. The number of rotatable bonds is 6. The molecule has 7 nitrogen and oxygen atoms in total. The Balaban J connectivity index is 1.44. The van der Waals surface area contributed by atoms with Crippen molar-refractivity contribution in [2.24, 2.45) is 5.41 Å². The molecule has 0 unspecified atom stereocenters. The number of halogens is 1. The molecule has 8 heteroatoms. The smallest absolute Gasteiger partial charge is 0.338 e. The van der Waals surface area contributed by atoms with Gasteiger partial charge < -0.3 is 14.8 Å². The molecule has 4 rings (SSSR count). The van der Waals surface area contributed by atoms with Gasteiger partial charge in [0, 0.05) is 36.9 Å². The summed E-state index contributed by atoms with van der Waals surface area (Å²) < 4.78 is 12.8. The highest BCUT2D eigenvalue weighted by Crippen LogP contribution is 2.37. The summed E-state index contributed by atoms with van der Waals surface area (Å²) in [6.45, 7) is 5.04. The summed E-state index contributed by atoms with van der Waals surface area (Å²) in [6.07, 6.45) is 3.99. The molecule has 1 aromatic heterocycles. The highest BCUT2D eigenvalue weighted by Gasteiger charge is 2.39. The van der Waals surface area contributed by atoms with E-state index in [1.807, 2.05) is 6.92 Å². The number of aromatic nitrogens is 2. The van der Waals surface area contributed by atoms with Gasteiger partial charge in [-0.25, -0.2) is 4.79 Å². The van der Waals surface area contributed by atoms with Gasteiger partial charge in [0.2, 0.25) is 0 Å². The third kappa shape index (κ3) is 4.77. The lowest BCUT2D eigenvalue weighted by molar-refractivity contribution is 0.0160. The van der Waals surface area contributed by atoms with E-state index in [-0.39, 0.29) is 17.3 Å². The largest absolute Gasteiger partial charge is 0.462 e. The van der Waals surface area contributed by atoms with Crippen molar-refractivity contribution in [1.82, 2.24) is 15.1 Å². The van der Waals surface area contributed by atoms with Gasteiger partial charge in [0.15, 0.2) is 0 Å². The number of hydrogen-bond acceptors (Lipinski definition) is 5. The van der Waals surface area contributed by atoms with E-state index in [4.69, 9.17) is 26.2 Å². The summed E-state index contributed by atoms with van der Waals surface area (Å²) in [5.41, 5.74) is 3.16. The number of nitrogens with zero attached hydrogens (tertiary/aromatic N) is 2. The fraction of sp³-hybridized carbons (Fsp3) is 0.522. The van der Waals surface area contributed by atoms with E-state index in [0.717, 1.165) is 43.7 Å². The minimum atomic E-state index is -0.366. The average molecular weight is 446 g/mol. The van der Waals surface area contributed by atoms with Crippen LogP contribution in [0.3, 0.4) is 0 Å². The zero-order valence-corrected chi connectivity index (χ0v) is 18.5. The molecule has 0 atom stereocenters. The molecule has 1 fully saturated rings. The van der Waals surface area contributed by atoms with Gasteiger partial charge >= 0.3 is 5.97 Å². The lowest BCUT2D eigenvalue weighted by atomic mass is 9.75. The molecule has 2 aliphatic heterocycles. The van der Waals surface area contributed by atoms with Gasteiger partial charge in [-0.3, -0.25) is 9.48 Å². The Labute approximate surface area is 187 Å². The molecular weight excluding hydrogens is 418 g/mol. The molecule has 31 heavy (non-hydrogen) atoms. The quantitative estimate of drug-likeness (QED) is 0.544. The first-order valence-electron chi connectivity index (χ1n) is 10.9. The number of aryl methyl sites for hydroxylation is 2. The SMILES string of the molecule is CCn1nc(CCCOC(=O)c2ccc(Cl)cc2)c2c1C(=O)NCC1(CCOCC1)C2. The minimum Gasteiger partial charge on any atom is -0.462 e. The third-order valence-electron chi connectivity index (χ3n) is 6.25. The van der Waals surface area contributed by atoms with Crippen LogP contribution in [0, 0.1) is 5.41 Å². The van der Waals surface area contributed by atoms with Crippen molar-refractivity contribution >= 4 is 23.5 Å². The van der Waals surface area contributed by atoms with Crippen molar-refractivity contribution in [3.8, 4) is 0 Å². The first-order chi connectivity index (χ1) is 15.0. The lowest BCUT2D eigenvalue weighted by Crippen LogP contribution is -2.40. The third-order valence-corrected chi connectivity index (χ3v) is 6.50. The van der Waals surface area contributed by atoms with Gasteiger partial charge in [0.25, 0.3) is 5.91 Å². The predicted molar refractivity (Wildman–Crippen MR) is 116 cm³/mol. The van der Waals surface area contributed by atoms with Crippen LogP contribution < -0.4 is 5.32 Å². The van der Waals surface area contributed by atoms with Crippen LogP contribution in [0.1, 0.15) is 58.3 Å². The Morgan fingerprint density at radius 2 is 2.03 bits per heavy atom. The van der Waals surface area contributed by atoms with E-state index in [2.05, 4.69) is 5.32 Å². The Kier molecular flexibility index (Phi) is 6.62. The van der Waals surface area contributed by atoms with E-state index < -0.39 is 0 Å². The molecule has 0 aliphatic carbocycles. The fourth-order valence-electron chi connectivity index (χ4n) is 4.44. The van der Waals surface area contributed by atoms with Gasteiger partial charge in [-0.05, 0) is 68.7 Å². The number of nitrogens with one attached hydrogen (secondary N) is 1. The van der Waals surface area contributed by atoms with Gasteiger partial charge in [-0.15, -0.1) is 0 Å². The summed E-state index contributed by atoms with van der Waals surface area (Å²) in [5, 5.41) is 8.43. The van der Waals surface area contributed by atoms with E-state index in [0.29, 0.717) is 48.8 Å². The van der Waals surface area contributed by atoms with Crippen LogP contribution in [0.4, 0.5) is 0 Å². The van der Waals surface area contributed by atoms with Gasteiger partial charge in [-0.1, -0.05) is 11.6 Å². The van der Waals surface area contributed by atoms with E-state index in [1.54, 1.807) is 28.9 Å². The number of carbonyl (C=O) groups excluding carboxylic acids is 2. The summed E-state index contributed by atoms with van der Waals surface area (Å²) in [6, 6.07) is 6.64. The van der Waals surface area contributed by atoms with Crippen molar-refractivity contribution in [2.75, 3.05) is 26.4 Å². The standard InChI is InChI=1S/C23H28ClN3O4/c1-2-27-20-18(14-23(15-25-21(20)28)9-12-30-13-10-23)19(26-27)4-3-11-31-22(29)16-5-7-17(24)8-6-16/h5-8H,2-4,9-15H2,1H3,(H,25,28). The van der Waals surface area contributed by atoms with Crippen LogP contribution in [-0.2, 0) is 28.9 Å². The number of amides is 1. The van der Waals surface area contributed by atoms with Crippen LogP contribution in [0.2, 0.25) is 5.02 Å². The number of hydrogen-bond donors (Lipinski definition) is 1. The number of ether oxygens (including phenoxy) is 2. The monoisotopic (exact) mass is 445 g/mol. The zero-order valence-electron chi connectivity index (χ0n) is 17.8. The number of fused-ring (bicyclic) bond motifs is 1. The minimum absolute atomic E-state index is 0.0244. The van der Waals surface area contributed by atoms with Crippen LogP contribution in [0.15, 0.2) is 24.3 Å². The normalized spacial score (nSPS) is 17.7. The average Bonchev–Trinajstić information content (AvgIpc) is 3.06. The van der Waals surface area contributed by atoms with Crippen LogP contribution in [0.25, 0.3) is 0 Å². The second-order valence-corrected chi connectivity index (χ2v) is 8.74. The summed E-state index contributed by atoms with van der Waals surface area (Å²) >= 11 is 5.86. The van der Waals surface area contributed by atoms with Crippen molar-refractivity contribution in [3.05, 3.63) is 51.8 Å². The number of esters is 1. The Morgan fingerprint density at radius 3 is 2.74 bits per heavy atom. The molecule has 2 aliphatic rings. The van der Waals surface area contributed by atoms with Gasteiger partial charge in [-0.2, -0.15) is 5.10 Å². The maximum absolute atomic E-state index is 12.8. The maximum atomic E-state index is 12.8. The van der Waals surface area contributed by atoms with Gasteiger partial charge in [0.05, 0.1) is 17.9 Å². The van der Waals surface area contributed by atoms with Crippen molar-refractivity contribution in [1.29, 1.82) is 0 Å². The molecule has 1 saturated heterocycles. The first kappa shape index (κ1) is 21.8. The Hall–Kier alpha value is -2.38. The van der Waals surface area contributed by atoms with Crippen molar-refractivity contribution in [2.45, 2.75) is 45.6 Å². The van der Waals surface area contributed by atoms with E-state index in [9.17, 15) is 9.59 Å². The number of carbonyl (C=O) groups is 2. The first-order valence-corrected chi connectivity index (χ1v) is 11.3. The molecule has 0 saturated carbocycles.